The lowest BCUT2D eigenvalue weighted by Gasteiger charge is -2.20. The maximum absolute atomic E-state index is 12.9. The van der Waals surface area contributed by atoms with Gasteiger partial charge in [0.25, 0.3) is 5.91 Å². The number of Topliss-reactive ketones (excluding diaryl/α,β-unsaturated/α-hetero) is 1. The Balaban J connectivity index is 1.73. The Hall–Kier alpha value is -2.41. The van der Waals surface area contributed by atoms with Gasteiger partial charge in [-0.1, -0.05) is 19.4 Å². The molecule has 150 valence electrons. The fraction of sp³-hybridized carbons (Fsp3) is 0.476. The third-order valence-electron chi connectivity index (χ3n) is 5.43. The molecule has 0 radical (unpaired) electrons. The van der Waals surface area contributed by atoms with Crippen LogP contribution in [0.1, 0.15) is 53.3 Å². The van der Waals surface area contributed by atoms with Crippen LogP contribution in [0.5, 0.6) is 0 Å². The van der Waals surface area contributed by atoms with Crippen LogP contribution in [0.25, 0.3) is 0 Å². The molecule has 0 bridgehead atoms. The van der Waals surface area contributed by atoms with E-state index in [9.17, 15) is 14.4 Å². The number of hydrogen-bond acceptors (Lipinski definition) is 4. The molecule has 1 atom stereocenters. The lowest BCUT2D eigenvalue weighted by molar-refractivity contribution is -0.130. The molecule has 6 nitrogen and oxygen atoms in total. The minimum absolute atomic E-state index is 0.209. The Morgan fingerprint density at radius 2 is 2.04 bits per heavy atom. The number of nitrogens with zero attached hydrogens (tertiary/aromatic N) is 2. The van der Waals surface area contributed by atoms with E-state index in [1.54, 1.807) is 18.3 Å². The summed E-state index contributed by atoms with van der Waals surface area (Å²) in [5, 5.41) is 4.80. The number of rotatable bonds is 8. The van der Waals surface area contributed by atoms with Crippen LogP contribution >= 0.6 is 11.3 Å². The second-order valence-corrected chi connectivity index (χ2v) is 8.62. The molecule has 1 N–H and O–H groups in total. The zero-order valence-corrected chi connectivity index (χ0v) is 17.7. The van der Waals surface area contributed by atoms with E-state index in [4.69, 9.17) is 0 Å². The van der Waals surface area contributed by atoms with Crippen molar-refractivity contribution >= 4 is 29.1 Å². The molecule has 2 aromatic rings. The van der Waals surface area contributed by atoms with Crippen molar-refractivity contribution in [1.29, 1.82) is 0 Å². The van der Waals surface area contributed by atoms with Gasteiger partial charge in [0.15, 0.2) is 5.78 Å². The zero-order valence-electron chi connectivity index (χ0n) is 16.9. The van der Waals surface area contributed by atoms with Gasteiger partial charge >= 0.3 is 6.03 Å². The number of nitrogens with one attached hydrogen (secondary N) is 1. The Morgan fingerprint density at radius 1 is 1.29 bits per heavy atom. The third-order valence-corrected chi connectivity index (χ3v) is 6.37. The summed E-state index contributed by atoms with van der Waals surface area (Å²) in [5.74, 6) is -0.529. The number of thiophene rings is 1. The van der Waals surface area contributed by atoms with Crippen molar-refractivity contribution in [1.82, 2.24) is 14.8 Å². The maximum Gasteiger partial charge on any atom is 0.325 e. The van der Waals surface area contributed by atoms with Gasteiger partial charge in [0.2, 0.25) is 0 Å². The average Bonchev–Trinajstić information content (AvgIpc) is 3.30. The lowest BCUT2D eigenvalue weighted by atomic mass is 9.96. The minimum Gasteiger partial charge on any atom is -0.348 e. The number of urea groups is 1. The topological polar surface area (TPSA) is 71.4 Å². The van der Waals surface area contributed by atoms with E-state index in [0.717, 1.165) is 35.7 Å². The van der Waals surface area contributed by atoms with Gasteiger partial charge in [-0.15, -0.1) is 11.3 Å². The van der Waals surface area contributed by atoms with E-state index in [-0.39, 0.29) is 18.2 Å². The normalized spacial score (nSPS) is 19.4. The minimum atomic E-state index is -0.913. The number of aryl methyl sites for hydroxylation is 2. The molecule has 1 fully saturated rings. The highest BCUT2D eigenvalue weighted by atomic mass is 32.1. The molecular weight excluding hydrogens is 374 g/mol. The Morgan fingerprint density at radius 3 is 2.68 bits per heavy atom. The van der Waals surface area contributed by atoms with Crippen LogP contribution in [0, 0.1) is 13.8 Å². The van der Waals surface area contributed by atoms with Crippen molar-refractivity contribution in [2.75, 3.05) is 6.54 Å². The van der Waals surface area contributed by atoms with Crippen molar-refractivity contribution in [3.05, 3.63) is 45.4 Å². The zero-order chi connectivity index (χ0) is 20.5. The van der Waals surface area contributed by atoms with E-state index in [1.165, 1.54) is 4.88 Å². The first-order valence-corrected chi connectivity index (χ1v) is 10.5. The number of imide groups is 1. The maximum atomic E-state index is 12.9. The molecule has 2 aromatic heterocycles. The van der Waals surface area contributed by atoms with Crippen LogP contribution < -0.4 is 5.32 Å². The first-order valence-electron chi connectivity index (χ1n) is 9.63. The molecule has 3 heterocycles. The van der Waals surface area contributed by atoms with Crippen LogP contribution in [0.15, 0.2) is 23.6 Å². The number of aromatic nitrogens is 1. The highest BCUT2D eigenvalue weighted by molar-refractivity contribution is 7.09. The average molecular weight is 402 g/mol. The van der Waals surface area contributed by atoms with Crippen molar-refractivity contribution in [2.24, 2.45) is 0 Å². The number of hydrogen-bond donors (Lipinski definition) is 1. The Labute approximate surface area is 169 Å². The van der Waals surface area contributed by atoms with Crippen molar-refractivity contribution in [2.45, 2.75) is 59.0 Å². The molecule has 1 aliphatic heterocycles. The van der Waals surface area contributed by atoms with Gasteiger partial charge in [-0.25, -0.2) is 4.79 Å². The van der Waals surface area contributed by atoms with Crippen LogP contribution in [0.3, 0.4) is 0 Å². The van der Waals surface area contributed by atoms with Crippen molar-refractivity contribution in [3.8, 4) is 0 Å². The van der Waals surface area contributed by atoms with Gasteiger partial charge in [-0.3, -0.25) is 14.5 Å². The third kappa shape index (κ3) is 3.76. The Kier molecular flexibility index (Phi) is 5.74. The summed E-state index contributed by atoms with van der Waals surface area (Å²) in [6.45, 7) is 8.15. The predicted molar refractivity (Wildman–Crippen MR) is 110 cm³/mol. The summed E-state index contributed by atoms with van der Waals surface area (Å²) in [7, 11) is 0. The molecule has 1 aliphatic rings. The first-order chi connectivity index (χ1) is 13.3. The molecule has 1 unspecified atom stereocenters. The summed E-state index contributed by atoms with van der Waals surface area (Å²) in [6.07, 6.45) is 2.24. The van der Waals surface area contributed by atoms with Gasteiger partial charge in [0.05, 0.1) is 6.54 Å². The quantitative estimate of drug-likeness (QED) is 0.541. The van der Waals surface area contributed by atoms with E-state index in [1.807, 2.05) is 32.9 Å². The molecule has 0 aliphatic carbocycles. The summed E-state index contributed by atoms with van der Waals surface area (Å²) in [4.78, 5) is 40.2. The molecule has 7 heteroatoms. The molecular formula is C21H27N3O3S. The second kappa shape index (κ2) is 7.91. The highest BCUT2D eigenvalue weighted by Crippen LogP contribution is 2.24. The molecule has 0 saturated carbocycles. The predicted octanol–water partition coefficient (Wildman–Crippen LogP) is 3.70. The molecule has 28 heavy (non-hydrogen) atoms. The van der Waals surface area contributed by atoms with Gasteiger partial charge in [0, 0.05) is 28.4 Å². The van der Waals surface area contributed by atoms with Gasteiger partial charge in [0.1, 0.15) is 5.54 Å². The largest absolute Gasteiger partial charge is 0.348 e. The van der Waals surface area contributed by atoms with Gasteiger partial charge < -0.3 is 9.88 Å². The van der Waals surface area contributed by atoms with Crippen LogP contribution in [-0.4, -0.2) is 39.3 Å². The molecule has 1 saturated heterocycles. The van der Waals surface area contributed by atoms with E-state index >= 15 is 0 Å². The van der Waals surface area contributed by atoms with Crippen molar-refractivity contribution < 1.29 is 14.4 Å². The van der Waals surface area contributed by atoms with Crippen molar-refractivity contribution in [3.63, 3.8) is 0 Å². The number of ketones is 1. The standard InChI is InChI=1S/C21H27N3O3S/c1-5-9-21(4)19(26)24(20(27)22-21)13-18(25)17-12-14(2)23(15(17)3)10-8-16-7-6-11-28-16/h6-7,11-12H,5,8-10,13H2,1-4H3,(H,22,27). The highest BCUT2D eigenvalue weighted by Gasteiger charge is 2.47. The fourth-order valence-electron chi connectivity index (χ4n) is 3.89. The molecule has 3 amide bonds. The second-order valence-electron chi connectivity index (χ2n) is 7.59. The summed E-state index contributed by atoms with van der Waals surface area (Å²) < 4.78 is 2.13. The smallest absolute Gasteiger partial charge is 0.325 e. The monoisotopic (exact) mass is 401 g/mol. The number of carbonyl (C=O) groups is 3. The van der Waals surface area contributed by atoms with Gasteiger partial charge in [-0.2, -0.15) is 0 Å². The van der Waals surface area contributed by atoms with Crippen LogP contribution in [-0.2, 0) is 17.8 Å². The molecule has 0 spiro atoms. The lowest BCUT2D eigenvalue weighted by Crippen LogP contribution is -2.44. The first kappa shape index (κ1) is 20.3. The fourth-order valence-corrected chi connectivity index (χ4v) is 4.59. The summed E-state index contributed by atoms with van der Waals surface area (Å²) in [6, 6.07) is 5.51. The van der Waals surface area contributed by atoms with Gasteiger partial charge in [-0.05, 0) is 51.1 Å². The van der Waals surface area contributed by atoms with E-state index in [2.05, 4.69) is 21.3 Å². The number of carbonyl (C=O) groups excluding carboxylic acids is 3. The number of amides is 3. The van der Waals surface area contributed by atoms with E-state index < -0.39 is 11.6 Å². The Bertz CT molecular complexity index is 900. The molecule has 3 rings (SSSR count). The van der Waals surface area contributed by atoms with Crippen LogP contribution in [0.4, 0.5) is 4.79 Å². The SMILES string of the molecule is CCCC1(C)NC(=O)N(CC(=O)c2cc(C)n(CCc3cccs3)c2C)C1=O. The van der Waals surface area contributed by atoms with Crippen LogP contribution in [0.2, 0.25) is 0 Å². The molecule has 0 aromatic carbocycles. The summed E-state index contributed by atoms with van der Waals surface area (Å²) >= 11 is 1.72. The van der Waals surface area contributed by atoms with E-state index in [0.29, 0.717) is 12.0 Å². The summed E-state index contributed by atoms with van der Waals surface area (Å²) in [5.41, 5.74) is 1.55.